The number of nitrogens with one attached hydrogen (secondary N) is 2. The smallest absolute Gasteiger partial charge is 0.317 e. The maximum atomic E-state index is 12.6. The number of amides is 2. The van der Waals surface area contributed by atoms with Crippen molar-refractivity contribution < 1.29 is 4.79 Å². The van der Waals surface area contributed by atoms with Gasteiger partial charge in [-0.25, -0.2) is 4.79 Å². The van der Waals surface area contributed by atoms with Crippen LogP contribution in [-0.4, -0.2) is 27.7 Å². The summed E-state index contributed by atoms with van der Waals surface area (Å²) in [6.07, 6.45) is 6.83. The number of anilines is 1. The Kier molecular flexibility index (Phi) is 4.47. The number of aromatic amines is 1. The number of carbonyl (C=O) groups excluding carboxylic acids is 1. The molecule has 1 aromatic heterocycles. The van der Waals surface area contributed by atoms with Crippen LogP contribution in [0.3, 0.4) is 0 Å². The van der Waals surface area contributed by atoms with Crippen molar-refractivity contribution in [3.05, 3.63) is 46.2 Å². The van der Waals surface area contributed by atoms with Gasteiger partial charge in [-0.05, 0) is 43.9 Å². The first-order chi connectivity index (χ1) is 10.6. The Bertz CT molecular complexity index is 656. The van der Waals surface area contributed by atoms with E-state index >= 15 is 0 Å². The second-order valence-corrected chi connectivity index (χ2v) is 6.49. The number of benzene rings is 1. The number of likely N-dealkylation sites (tertiary alicyclic amines) is 1. The fourth-order valence-electron chi connectivity index (χ4n) is 2.83. The quantitative estimate of drug-likeness (QED) is 0.838. The molecule has 0 spiro atoms. The van der Waals surface area contributed by atoms with Crippen molar-refractivity contribution >= 4 is 27.6 Å². The molecule has 0 aliphatic carbocycles. The summed E-state index contributed by atoms with van der Waals surface area (Å²) in [6.45, 7) is 2.80. The third kappa shape index (κ3) is 3.16. The molecule has 1 aromatic carbocycles. The molecule has 1 aliphatic heterocycles. The molecule has 2 aromatic rings. The fraction of sp³-hybridized carbons (Fsp3) is 0.375. The van der Waals surface area contributed by atoms with E-state index in [1.54, 1.807) is 6.20 Å². The standard InChI is InChI=1S/C16H19BrN4O/c1-11-5-6-13(8-14(11)17)20-16(22)21-7-3-2-4-15(21)12-9-18-19-10-12/h5-6,8-10,15H,2-4,7H2,1H3,(H,18,19)(H,20,22)/t15-/m1/s1. The van der Waals surface area contributed by atoms with Crippen LogP contribution in [0.15, 0.2) is 35.1 Å². The molecule has 0 radical (unpaired) electrons. The Labute approximate surface area is 138 Å². The van der Waals surface area contributed by atoms with Crippen molar-refractivity contribution in [2.75, 3.05) is 11.9 Å². The van der Waals surface area contributed by atoms with E-state index in [4.69, 9.17) is 0 Å². The molecule has 1 saturated heterocycles. The van der Waals surface area contributed by atoms with E-state index in [0.29, 0.717) is 0 Å². The number of carbonyl (C=O) groups is 1. The van der Waals surface area contributed by atoms with Crippen LogP contribution in [0.2, 0.25) is 0 Å². The molecule has 1 atom stereocenters. The number of aromatic nitrogens is 2. The largest absolute Gasteiger partial charge is 0.322 e. The lowest BCUT2D eigenvalue weighted by Gasteiger charge is -2.35. The Morgan fingerprint density at radius 3 is 3.05 bits per heavy atom. The van der Waals surface area contributed by atoms with E-state index in [0.717, 1.165) is 47.1 Å². The molecular weight excluding hydrogens is 344 g/mol. The third-order valence-corrected chi connectivity index (χ3v) is 4.95. The summed E-state index contributed by atoms with van der Waals surface area (Å²) in [6, 6.07) is 5.89. The molecule has 5 nitrogen and oxygen atoms in total. The van der Waals surface area contributed by atoms with Crippen molar-refractivity contribution in [1.82, 2.24) is 15.1 Å². The van der Waals surface area contributed by atoms with Crippen LogP contribution in [0.1, 0.15) is 36.4 Å². The van der Waals surface area contributed by atoms with Crippen molar-refractivity contribution in [2.45, 2.75) is 32.2 Å². The second-order valence-electron chi connectivity index (χ2n) is 5.63. The zero-order chi connectivity index (χ0) is 15.5. The molecule has 3 rings (SSSR count). The number of piperidine rings is 1. The Morgan fingerprint density at radius 1 is 1.45 bits per heavy atom. The molecule has 1 fully saturated rings. The fourth-order valence-corrected chi connectivity index (χ4v) is 3.21. The van der Waals surface area contributed by atoms with Gasteiger partial charge in [-0.15, -0.1) is 0 Å². The average molecular weight is 363 g/mol. The summed E-state index contributed by atoms with van der Waals surface area (Å²) >= 11 is 3.50. The lowest BCUT2D eigenvalue weighted by atomic mass is 9.98. The van der Waals surface area contributed by atoms with Crippen LogP contribution in [0.5, 0.6) is 0 Å². The third-order valence-electron chi connectivity index (χ3n) is 4.09. The van der Waals surface area contributed by atoms with Crippen LogP contribution in [0.25, 0.3) is 0 Å². The highest BCUT2D eigenvalue weighted by molar-refractivity contribution is 9.10. The highest BCUT2D eigenvalue weighted by Gasteiger charge is 2.28. The van der Waals surface area contributed by atoms with Crippen LogP contribution in [0, 0.1) is 6.92 Å². The minimum absolute atomic E-state index is 0.0540. The molecule has 0 saturated carbocycles. The normalized spacial score (nSPS) is 18.3. The summed E-state index contributed by atoms with van der Waals surface area (Å²) in [5.74, 6) is 0. The predicted octanol–water partition coefficient (Wildman–Crippen LogP) is 4.24. The molecular formula is C16H19BrN4O. The summed E-state index contributed by atoms with van der Waals surface area (Å²) in [5, 5.41) is 9.84. The molecule has 2 N–H and O–H groups in total. The van der Waals surface area contributed by atoms with Gasteiger partial charge in [-0.2, -0.15) is 5.10 Å². The van der Waals surface area contributed by atoms with Crippen LogP contribution in [0.4, 0.5) is 10.5 Å². The summed E-state index contributed by atoms with van der Waals surface area (Å²) < 4.78 is 0.996. The van der Waals surface area contributed by atoms with Gasteiger partial charge in [-0.3, -0.25) is 5.10 Å². The number of nitrogens with zero attached hydrogens (tertiary/aromatic N) is 2. The first kappa shape index (κ1) is 15.1. The van der Waals surface area contributed by atoms with E-state index in [2.05, 4.69) is 31.4 Å². The average Bonchev–Trinajstić information content (AvgIpc) is 3.05. The number of halogens is 1. The van der Waals surface area contributed by atoms with Gasteiger partial charge in [0.05, 0.1) is 12.2 Å². The second kappa shape index (κ2) is 6.52. The van der Waals surface area contributed by atoms with E-state index in [1.807, 2.05) is 36.2 Å². The van der Waals surface area contributed by atoms with Gasteiger partial charge >= 0.3 is 6.03 Å². The van der Waals surface area contributed by atoms with Crippen molar-refractivity contribution in [3.8, 4) is 0 Å². The van der Waals surface area contributed by atoms with Crippen molar-refractivity contribution in [2.24, 2.45) is 0 Å². The van der Waals surface area contributed by atoms with Crippen LogP contribution < -0.4 is 5.32 Å². The highest BCUT2D eigenvalue weighted by Crippen LogP contribution is 2.31. The molecule has 22 heavy (non-hydrogen) atoms. The maximum Gasteiger partial charge on any atom is 0.322 e. The molecule has 1 aliphatic rings. The number of hydrogen-bond acceptors (Lipinski definition) is 2. The molecule has 6 heteroatoms. The van der Waals surface area contributed by atoms with Gasteiger partial charge in [0.15, 0.2) is 0 Å². The molecule has 2 amide bonds. The highest BCUT2D eigenvalue weighted by atomic mass is 79.9. The number of H-pyrrole nitrogens is 1. The minimum atomic E-state index is -0.0540. The number of urea groups is 1. The number of rotatable bonds is 2. The van der Waals surface area contributed by atoms with E-state index in [1.165, 1.54) is 0 Å². The number of aryl methyl sites for hydroxylation is 1. The zero-order valence-corrected chi connectivity index (χ0v) is 14.1. The van der Waals surface area contributed by atoms with Gasteiger partial charge in [0.2, 0.25) is 0 Å². The van der Waals surface area contributed by atoms with Crippen molar-refractivity contribution in [1.29, 1.82) is 0 Å². The topological polar surface area (TPSA) is 61.0 Å². The van der Waals surface area contributed by atoms with Gasteiger partial charge < -0.3 is 10.2 Å². The summed E-state index contributed by atoms with van der Waals surface area (Å²) in [7, 11) is 0. The van der Waals surface area contributed by atoms with Gasteiger partial charge in [0.1, 0.15) is 0 Å². The van der Waals surface area contributed by atoms with Gasteiger partial charge in [-0.1, -0.05) is 22.0 Å². The van der Waals surface area contributed by atoms with Crippen molar-refractivity contribution in [3.63, 3.8) is 0 Å². The monoisotopic (exact) mass is 362 g/mol. The van der Waals surface area contributed by atoms with Crippen LogP contribution in [-0.2, 0) is 0 Å². The maximum absolute atomic E-state index is 12.6. The lowest BCUT2D eigenvalue weighted by Crippen LogP contribution is -2.41. The lowest BCUT2D eigenvalue weighted by molar-refractivity contribution is 0.163. The van der Waals surface area contributed by atoms with Gasteiger partial charge in [0.25, 0.3) is 0 Å². The first-order valence-electron chi connectivity index (χ1n) is 7.47. The molecule has 2 heterocycles. The van der Waals surface area contributed by atoms with Gasteiger partial charge in [0, 0.05) is 28.5 Å². The predicted molar refractivity (Wildman–Crippen MR) is 89.8 cm³/mol. The Balaban J connectivity index is 1.75. The minimum Gasteiger partial charge on any atom is -0.317 e. The molecule has 116 valence electrons. The van der Waals surface area contributed by atoms with E-state index in [-0.39, 0.29) is 12.1 Å². The SMILES string of the molecule is Cc1ccc(NC(=O)N2CCCC[C@@H]2c2cn[nH]c2)cc1Br. The number of hydrogen-bond donors (Lipinski definition) is 2. The van der Waals surface area contributed by atoms with E-state index < -0.39 is 0 Å². The zero-order valence-electron chi connectivity index (χ0n) is 12.5. The first-order valence-corrected chi connectivity index (χ1v) is 8.27. The Morgan fingerprint density at radius 2 is 2.32 bits per heavy atom. The summed E-state index contributed by atoms with van der Waals surface area (Å²) in [5.41, 5.74) is 3.02. The Hall–Kier alpha value is -1.82. The summed E-state index contributed by atoms with van der Waals surface area (Å²) in [4.78, 5) is 14.5. The van der Waals surface area contributed by atoms with Crippen LogP contribution >= 0.6 is 15.9 Å². The molecule has 0 bridgehead atoms. The molecule has 0 unspecified atom stereocenters. The van der Waals surface area contributed by atoms with E-state index in [9.17, 15) is 4.79 Å².